The molecule has 3 N–H and O–H groups in total. The normalized spacial score (nSPS) is 46.8. The third-order valence-electron chi connectivity index (χ3n) is 2.55. The first kappa shape index (κ1) is 10.9. The Morgan fingerprint density at radius 2 is 1.54 bits per heavy atom. The van der Waals surface area contributed by atoms with Gasteiger partial charge in [-0.25, -0.2) is 0 Å². The van der Waals surface area contributed by atoms with Crippen LogP contribution in [-0.4, -0.2) is 45.8 Å². The summed E-state index contributed by atoms with van der Waals surface area (Å²) < 4.78 is 5.38. The Balaban J connectivity index is 2.70. The SMILES string of the molecule is CC(C)C1O[C@@H](C)[C@H](O)[C@@H](O)[C@H]1O. The van der Waals surface area contributed by atoms with Crippen molar-refractivity contribution in [2.75, 3.05) is 0 Å². The second-order valence-electron chi connectivity index (χ2n) is 4.02. The third-order valence-corrected chi connectivity index (χ3v) is 2.55. The summed E-state index contributed by atoms with van der Waals surface area (Å²) in [7, 11) is 0. The lowest BCUT2D eigenvalue weighted by Gasteiger charge is -2.41. The molecule has 0 aromatic rings. The molecule has 0 bridgehead atoms. The monoisotopic (exact) mass is 190 g/mol. The molecule has 0 aromatic carbocycles. The van der Waals surface area contributed by atoms with E-state index < -0.39 is 30.5 Å². The fourth-order valence-corrected chi connectivity index (χ4v) is 1.63. The van der Waals surface area contributed by atoms with E-state index in [1.165, 1.54) is 0 Å². The van der Waals surface area contributed by atoms with E-state index in [2.05, 4.69) is 0 Å². The van der Waals surface area contributed by atoms with Crippen molar-refractivity contribution in [1.29, 1.82) is 0 Å². The largest absolute Gasteiger partial charge is 0.388 e. The first-order chi connectivity index (χ1) is 5.95. The molecular formula is C9H18O4. The molecule has 0 saturated carbocycles. The van der Waals surface area contributed by atoms with Gasteiger partial charge in [0.25, 0.3) is 0 Å². The zero-order valence-electron chi connectivity index (χ0n) is 8.21. The van der Waals surface area contributed by atoms with Gasteiger partial charge in [-0.3, -0.25) is 0 Å². The van der Waals surface area contributed by atoms with Gasteiger partial charge in [-0.2, -0.15) is 0 Å². The molecule has 5 atom stereocenters. The van der Waals surface area contributed by atoms with Crippen LogP contribution < -0.4 is 0 Å². The molecule has 4 heteroatoms. The van der Waals surface area contributed by atoms with Crippen molar-refractivity contribution in [1.82, 2.24) is 0 Å². The van der Waals surface area contributed by atoms with Gasteiger partial charge in [0.1, 0.15) is 18.3 Å². The van der Waals surface area contributed by atoms with E-state index in [9.17, 15) is 15.3 Å². The molecular weight excluding hydrogens is 172 g/mol. The van der Waals surface area contributed by atoms with Crippen LogP contribution in [0.2, 0.25) is 0 Å². The Kier molecular flexibility index (Phi) is 3.29. The molecule has 1 rings (SSSR count). The highest BCUT2D eigenvalue weighted by atomic mass is 16.5. The predicted octanol–water partition coefficient (Wildman–Crippen LogP) is -0.488. The summed E-state index contributed by atoms with van der Waals surface area (Å²) in [5, 5.41) is 28.4. The highest BCUT2D eigenvalue weighted by molar-refractivity contribution is 4.91. The molecule has 78 valence electrons. The van der Waals surface area contributed by atoms with Gasteiger partial charge < -0.3 is 20.1 Å². The van der Waals surface area contributed by atoms with Crippen molar-refractivity contribution in [2.24, 2.45) is 5.92 Å². The van der Waals surface area contributed by atoms with Crippen molar-refractivity contribution in [3.8, 4) is 0 Å². The zero-order valence-corrected chi connectivity index (χ0v) is 8.21. The smallest absolute Gasteiger partial charge is 0.111 e. The molecule has 1 aliphatic rings. The van der Waals surface area contributed by atoms with Gasteiger partial charge in [-0.1, -0.05) is 13.8 Å². The Bertz CT molecular complexity index is 171. The lowest BCUT2D eigenvalue weighted by atomic mass is 9.90. The summed E-state index contributed by atoms with van der Waals surface area (Å²) in [6, 6.07) is 0. The maximum absolute atomic E-state index is 9.56. The number of aliphatic hydroxyl groups excluding tert-OH is 3. The van der Waals surface area contributed by atoms with Crippen LogP contribution >= 0.6 is 0 Å². The van der Waals surface area contributed by atoms with Crippen LogP contribution in [0.1, 0.15) is 20.8 Å². The second kappa shape index (κ2) is 3.92. The molecule has 0 aromatic heterocycles. The zero-order chi connectivity index (χ0) is 10.2. The topological polar surface area (TPSA) is 69.9 Å². The van der Waals surface area contributed by atoms with E-state index in [-0.39, 0.29) is 5.92 Å². The molecule has 1 unspecified atom stereocenters. The molecule has 0 radical (unpaired) electrons. The van der Waals surface area contributed by atoms with E-state index in [1.54, 1.807) is 6.92 Å². The lowest BCUT2D eigenvalue weighted by Crippen LogP contribution is -2.57. The fourth-order valence-electron chi connectivity index (χ4n) is 1.63. The van der Waals surface area contributed by atoms with Crippen LogP contribution in [0.5, 0.6) is 0 Å². The predicted molar refractivity (Wildman–Crippen MR) is 47.2 cm³/mol. The van der Waals surface area contributed by atoms with Gasteiger partial charge >= 0.3 is 0 Å². The van der Waals surface area contributed by atoms with Crippen LogP contribution in [0.25, 0.3) is 0 Å². The van der Waals surface area contributed by atoms with Gasteiger partial charge in [-0.05, 0) is 12.8 Å². The van der Waals surface area contributed by atoms with E-state index in [0.717, 1.165) is 0 Å². The van der Waals surface area contributed by atoms with Gasteiger partial charge in [-0.15, -0.1) is 0 Å². The molecule has 1 saturated heterocycles. The average Bonchev–Trinajstić information content (AvgIpc) is 2.07. The summed E-state index contributed by atoms with van der Waals surface area (Å²) in [5.74, 6) is 0.125. The van der Waals surface area contributed by atoms with Crippen LogP contribution in [0.3, 0.4) is 0 Å². The molecule has 0 amide bonds. The van der Waals surface area contributed by atoms with E-state index in [1.807, 2.05) is 13.8 Å². The minimum absolute atomic E-state index is 0.125. The number of ether oxygens (including phenoxy) is 1. The van der Waals surface area contributed by atoms with E-state index in [4.69, 9.17) is 4.74 Å². The molecule has 1 fully saturated rings. The molecule has 1 aliphatic heterocycles. The van der Waals surface area contributed by atoms with E-state index in [0.29, 0.717) is 0 Å². The van der Waals surface area contributed by atoms with Gasteiger partial charge in [0.15, 0.2) is 0 Å². The second-order valence-corrected chi connectivity index (χ2v) is 4.02. The van der Waals surface area contributed by atoms with Gasteiger partial charge in [0.05, 0.1) is 12.2 Å². The standard InChI is InChI=1S/C9H18O4/c1-4(2)9-8(12)7(11)6(10)5(3)13-9/h4-12H,1-3H3/t5-,6-,7+,8+,9?/m0/s1. The quantitative estimate of drug-likeness (QED) is 0.522. The summed E-state index contributed by atoms with van der Waals surface area (Å²) in [6.45, 7) is 5.51. The Morgan fingerprint density at radius 1 is 1.00 bits per heavy atom. The van der Waals surface area contributed by atoms with Crippen LogP contribution in [0.15, 0.2) is 0 Å². The summed E-state index contributed by atoms with van der Waals surface area (Å²) in [5.41, 5.74) is 0. The first-order valence-electron chi connectivity index (χ1n) is 4.64. The minimum atomic E-state index is -1.10. The molecule has 13 heavy (non-hydrogen) atoms. The molecule has 0 aliphatic carbocycles. The van der Waals surface area contributed by atoms with Crippen LogP contribution in [0.4, 0.5) is 0 Å². The highest BCUT2D eigenvalue weighted by Gasteiger charge is 2.42. The minimum Gasteiger partial charge on any atom is -0.388 e. The van der Waals surface area contributed by atoms with Crippen molar-refractivity contribution in [3.05, 3.63) is 0 Å². The maximum Gasteiger partial charge on any atom is 0.111 e. The summed E-state index contributed by atoms with van der Waals surface area (Å²) >= 11 is 0. The number of aliphatic hydroxyl groups is 3. The van der Waals surface area contributed by atoms with E-state index >= 15 is 0 Å². The van der Waals surface area contributed by atoms with Crippen LogP contribution in [0, 0.1) is 5.92 Å². The fraction of sp³-hybridized carbons (Fsp3) is 1.00. The molecule has 1 heterocycles. The maximum atomic E-state index is 9.56. The van der Waals surface area contributed by atoms with Crippen molar-refractivity contribution in [2.45, 2.75) is 51.3 Å². The van der Waals surface area contributed by atoms with Crippen molar-refractivity contribution in [3.63, 3.8) is 0 Å². The van der Waals surface area contributed by atoms with Gasteiger partial charge in [0.2, 0.25) is 0 Å². The van der Waals surface area contributed by atoms with Crippen molar-refractivity contribution >= 4 is 0 Å². The Morgan fingerprint density at radius 3 is 2.00 bits per heavy atom. The summed E-state index contributed by atoms with van der Waals surface area (Å²) in [4.78, 5) is 0. The number of hydrogen-bond acceptors (Lipinski definition) is 4. The van der Waals surface area contributed by atoms with Gasteiger partial charge in [0, 0.05) is 0 Å². The average molecular weight is 190 g/mol. The van der Waals surface area contributed by atoms with Crippen molar-refractivity contribution < 1.29 is 20.1 Å². The number of hydrogen-bond donors (Lipinski definition) is 3. The third kappa shape index (κ3) is 2.02. The number of rotatable bonds is 1. The van der Waals surface area contributed by atoms with Crippen LogP contribution in [-0.2, 0) is 4.74 Å². The molecule has 4 nitrogen and oxygen atoms in total. The highest BCUT2D eigenvalue weighted by Crippen LogP contribution is 2.25. The first-order valence-corrected chi connectivity index (χ1v) is 4.64. The Labute approximate surface area is 78.1 Å². The lowest BCUT2D eigenvalue weighted by molar-refractivity contribution is -0.226. The Hall–Kier alpha value is -0.160. The molecule has 0 spiro atoms. The summed E-state index contributed by atoms with van der Waals surface area (Å²) in [6.07, 6.45) is -3.91.